The lowest BCUT2D eigenvalue weighted by atomic mass is 10.0. The first-order chi connectivity index (χ1) is 13.5. The van der Waals surface area contributed by atoms with Crippen LogP contribution in [0.2, 0.25) is 0 Å². The van der Waals surface area contributed by atoms with Crippen LogP contribution in [0.1, 0.15) is 15.9 Å². The van der Waals surface area contributed by atoms with E-state index in [4.69, 9.17) is 10.6 Å². The summed E-state index contributed by atoms with van der Waals surface area (Å²) in [6.45, 7) is 0. The van der Waals surface area contributed by atoms with Crippen molar-refractivity contribution in [2.24, 2.45) is 5.84 Å². The van der Waals surface area contributed by atoms with Crippen molar-refractivity contribution in [3.8, 4) is 11.5 Å². The number of ether oxygens (including phenoxy) is 1. The molecule has 0 heterocycles. The van der Waals surface area contributed by atoms with Crippen molar-refractivity contribution in [3.05, 3.63) is 77.5 Å². The van der Waals surface area contributed by atoms with Crippen molar-refractivity contribution in [1.29, 1.82) is 0 Å². The predicted molar refractivity (Wildman–Crippen MR) is 106 cm³/mol. The molecule has 0 aromatic heterocycles. The molecule has 0 atom stereocenters. The fraction of sp³-hybridized carbons (Fsp3) is 0.0476. The Kier molecular flexibility index (Phi) is 5.57. The van der Waals surface area contributed by atoms with Gasteiger partial charge in [0, 0.05) is 11.1 Å². The van der Waals surface area contributed by atoms with E-state index in [-0.39, 0.29) is 11.4 Å². The molecule has 0 aliphatic heterocycles. The van der Waals surface area contributed by atoms with Crippen LogP contribution in [-0.2, 0) is 4.79 Å². The minimum atomic E-state index is -0.705. The maximum Gasteiger partial charge on any atom is 0.281 e. The fourth-order valence-electron chi connectivity index (χ4n) is 2.75. The summed E-state index contributed by atoms with van der Waals surface area (Å²) in [5, 5.41) is 14.4. The second-order valence-corrected chi connectivity index (χ2v) is 5.94. The summed E-state index contributed by atoms with van der Waals surface area (Å²) < 4.78 is 5.24. The molecule has 7 heteroatoms. The minimum absolute atomic E-state index is 0.0583. The van der Waals surface area contributed by atoms with E-state index in [1.54, 1.807) is 48.5 Å². The average Bonchev–Trinajstić information content (AvgIpc) is 2.74. The maximum absolute atomic E-state index is 12.5. The van der Waals surface area contributed by atoms with Crippen molar-refractivity contribution in [3.63, 3.8) is 0 Å². The van der Waals surface area contributed by atoms with Gasteiger partial charge in [0.25, 0.3) is 11.8 Å². The molecule has 142 valence electrons. The third-order valence-electron chi connectivity index (χ3n) is 4.20. The molecule has 0 fully saturated rings. The number of benzene rings is 3. The van der Waals surface area contributed by atoms with E-state index < -0.39 is 11.8 Å². The van der Waals surface area contributed by atoms with Crippen molar-refractivity contribution in [1.82, 2.24) is 10.7 Å². The number of methoxy groups -OCH3 is 1. The SMILES string of the molecule is COc1ccc2ccc(O)c(/C=C(\NC(=O)c3ccccc3)C(=O)NN)c2c1. The molecule has 0 aliphatic carbocycles. The summed E-state index contributed by atoms with van der Waals surface area (Å²) in [5.41, 5.74) is 2.62. The molecule has 5 N–H and O–H groups in total. The van der Waals surface area contributed by atoms with E-state index in [0.29, 0.717) is 22.3 Å². The zero-order chi connectivity index (χ0) is 20.1. The van der Waals surface area contributed by atoms with Gasteiger partial charge in [0.1, 0.15) is 17.2 Å². The lowest BCUT2D eigenvalue weighted by Crippen LogP contribution is -2.38. The van der Waals surface area contributed by atoms with Crippen LogP contribution in [0.5, 0.6) is 11.5 Å². The standard InChI is InChI=1S/C21H19N3O4/c1-28-15-9-7-13-8-10-19(25)17(16(13)11-15)12-18(21(27)24-22)23-20(26)14-5-3-2-4-6-14/h2-12,25H,22H2,1H3,(H,23,26)(H,24,27)/b18-12-. The van der Waals surface area contributed by atoms with Crippen molar-refractivity contribution < 1.29 is 19.4 Å². The summed E-state index contributed by atoms with van der Waals surface area (Å²) in [4.78, 5) is 24.7. The van der Waals surface area contributed by atoms with E-state index in [1.807, 2.05) is 11.5 Å². The Balaban J connectivity index is 2.09. The molecule has 3 aromatic carbocycles. The molecule has 0 unspecified atom stereocenters. The lowest BCUT2D eigenvalue weighted by molar-refractivity contribution is -0.117. The van der Waals surface area contributed by atoms with Crippen LogP contribution in [-0.4, -0.2) is 24.0 Å². The number of amides is 2. The molecule has 3 aromatic rings. The molecular formula is C21H19N3O4. The zero-order valence-corrected chi connectivity index (χ0v) is 15.1. The predicted octanol–water partition coefficient (Wildman–Crippen LogP) is 2.31. The fourth-order valence-corrected chi connectivity index (χ4v) is 2.75. The first-order valence-electron chi connectivity index (χ1n) is 8.42. The summed E-state index contributed by atoms with van der Waals surface area (Å²) in [5.74, 6) is 4.61. The Hall–Kier alpha value is -3.84. The maximum atomic E-state index is 12.5. The van der Waals surface area contributed by atoms with Crippen LogP contribution in [0.3, 0.4) is 0 Å². The van der Waals surface area contributed by atoms with Gasteiger partial charge in [0.05, 0.1) is 7.11 Å². The van der Waals surface area contributed by atoms with Crippen LogP contribution >= 0.6 is 0 Å². The summed E-state index contributed by atoms with van der Waals surface area (Å²) in [7, 11) is 1.53. The number of carbonyl (C=O) groups is 2. The number of phenolic OH excluding ortho intramolecular Hbond substituents is 1. The van der Waals surface area contributed by atoms with Crippen LogP contribution < -0.4 is 21.3 Å². The van der Waals surface area contributed by atoms with E-state index in [1.165, 1.54) is 19.3 Å². The van der Waals surface area contributed by atoms with E-state index in [0.717, 1.165) is 5.39 Å². The number of hydrogen-bond donors (Lipinski definition) is 4. The molecular weight excluding hydrogens is 358 g/mol. The first-order valence-corrected chi connectivity index (χ1v) is 8.42. The molecule has 7 nitrogen and oxygen atoms in total. The number of nitrogens with two attached hydrogens (primary N) is 1. The topological polar surface area (TPSA) is 114 Å². The molecule has 0 radical (unpaired) electrons. The van der Waals surface area contributed by atoms with Gasteiger partial charge in [-0.1, -0.05) is 30.3 Å². The number of aromatic hydroxyl groups is 1. The number of rotatable bonds is 5. The number of carbonyl (C=O) groups excluding carboxylic acids is 2. The summed E-state index contributed by atoms with van der Waals surface area (Å²) in [6, 6.07) is 17.0. The first kappa shape index (κ1) is 18.9. The Bertz CT molecular complexity index is 1060. The molecule has 0 saturated carbocycles. The molecule has 0 spiro atoms. The van der Waals surface area contributed by atoms with Gasteiger partial charge < -0.3 is 15.2 Å². The van der Waals surface area contributed by atoms with Crippen molar-refractivity contribution >= 4 is 28.7 Å². The molecule has 3 rings (SSSR count). The highest BCUT2D eigenvalue weighted by atomic mass is 16.5. The normalized spacial score (nSPS) is 11.1. The van der Waals surface area contributed by atoms with E-state index >= 15 is 0 Å². The van der Waals surface area contributed by atoms with E-state index in [9.17, 15) is 14.7 Å². The highest BCUT2D eigenvalue weighted by Crippen LogP contribution is 2.31. The molecule has 2 amide bonds. The third-order valence-corrected chi connectivity index (χ3v) is 4.20. The van der Waals surface area contributed by atoms with Gasteiger partial charge in [-0.25, -0.2) is 5.84 Å². The van der Waals surface area contributed by atoms with Gasteiger partial charge in [0.2, 0.25) is 0 Å². The van der Waals surface area contributed by atoms with Gasteiger partial charge in [-0.05, 0) is 47.2 Å². The molecule has 0 saturated heterocycles. The number of hydrogen-bond acceptors (Lipinski definition) is 5. The Morgan fingerprint density at radius 3 is 2.46 bits per heavy atom. The van der Waals surface area contributed by atoms with Gasteiger partial charge in [-0.2, -0.15) is 0 Å². The Morgan fingerprint density at radius 1 is 1.07 bits per heavy atom. The smallest absolute Gasteiger partial charge is 0.281 e. The van der Waals surface area contributed by atoms with Gasteiger partial charge in [-0.3, -0.25) is 15.0 Å². The number of nitrogens with one attached hydrogen (secondary N) is 2. The van der Waals surface area contributed by atoms with Crippen LogP contribution in [0.4, 0.5) is 0 Å². The minimum Gasteiger partial charge on any atom is -0.507 e. The summed E-state index contributed by atoms with van der Waals surface area (Å²) >= 11 is 0. The number of fused-ring (bicyclic) bond motifs is 1. The molecule has 28 heavy (non-hydrogen) atoms. The second kappa shape index (κ2) is 8.24. The number of phenols is 1. The monoisotopic (exact) mass is 377 g/mol. The average molecular weight is 377 g/mol. The van der Waals surface area contributed by atoms with Crippen molar-refractivity contribution in [2.45, 2.75) is 0 Å². The van der Waals surface area contributed by atoms with Crippen molar-refractivity contribution in [2.75, 3.05) is 7.11 Å². The lowest BCUT2D eigenvalue weighted by Gasteiger charge is -2.12. The van der Waals surface area contributed by atoms with Gasteiger partial charge in [0.15, 0.2) is 0 Å². The second-order valence-electron chi connectivity index (χ2n) is 5.94. The zero-order valence-electron chi connectivity index (χ0n) is 15.1. The molecule has 0 bridgehead atoms. The van der Waals surface area contributed by atoms with Gasteiger partial charge in [-0.15, -0.1) is 0 Å². The third kappa shape index (κ3) is 3.94. The van der Waals surface area contributed by atoms with Crippen LogP contribution in [0.15, 0.2) is 66.4 Å². The number of hydrazine groups is 1. The molecule has 0 aliphatic rings. The Labute approximate surface area is 161 Å². The van der Waals surface area contributed by atoms with Crippen LogP contribution in [0, 0.1) is 0 Å². The highest BCUT2D eigenvalue weighted by molar-refractivity contribution is 6.07. The van der Waals surface area contributed by atoms with Crippen LogP contribution in [0.25, 0.3) is 16.8 Å². The van der Waals surface area contributed by atoms with E-state index in [2.05, 4.69) is 5.32 Å². The largest absolute Gasteiger partial charge is 0.507 e. The Morgan fingerprint density at radius 2 is 1.79 bits per heavy atom. The summed E-state index contributed by atoms with van der Waals surface area (Å²) in [6.07, 6.45) is 1.38. The highest BCUT2D eigenvalue weighted by Gasteiger charge is 2.16. The quantitative estimate of drug-likeness (QED) is 0.236. The van der Waals surface area contributed by atoms with Gasteiger partial charge >= 0.3 is 0 Å².